The zero-order valence-electron chi connectivity index (χ0n) is 12.0. The lowest BCUT2D eigenvalue weighted by atomic mass is 10.0. The second-order valence-corrected chi connectivity index (χ2v) is 4.96. The fourth-order valence-corrected chi connectivity index (χ4v) is 2.28. The van der Waals surface area contributed by atoms with Gasteiger partial charge in [-0.15, -0.1) is 0 Å². The summed E-state index contributed by atoms with van der Waals surface area (Å²) in [7, 11) is 1.39. The zero-order valence-corrected chi connectivity index (χ0v) is 12.0. The summed E-state index contributed by atoms with van der Waals surface area (Å²) >= 11 is 0. The Bertz CT molecular complexity index is 494. The molecule has 8 nitrogen and oxygen atoms in total. The van der Waals surface area contributed by atoms with Gasteiger partial charge in [-0.25, -0.2) is 0 Å². The van der Waals surface area contributed by atoms with Crippen LogP contribution >= 0.6 is 0 Å². The molecule has 0 aliphatic carbocycles. The lowest BCUT2D eigenvalue weighted by Gasteiger charge is -2.40. The summed E-state index contributed by atoms with van der Waals surface area (Å²) < 4.78 is 15.9. The van der Waals surface area contributed by atoms with Crippen LogP contribution < -0.4 is 4.74 Å². The molecule has 1 heterocycles. The van der Waals surface area contributed by atoms with E-state index in [-0.39, 0.29) is 11.5 Å². The largest absolute Gasteiger partial charge is 0.504 e. The molecule has 1 saturated heterocycles. The molecule has 5 atom stereocenters. The van der Waals surface area contributed by atoms with E-state index >= 15 is 0 Å². The number of benzene rings is 1. The summed E-state index contributed by atoms with van der Waals surface area (Å²) in [6.45, 7) is -1.09. The van der Waals surface area contributed by atoms with Crippen molar-refractivity contribution in [1.82, 2.24) is 0 Å². The number of methoxy groups -OCH3 is 1. The van der Waals surface area contributed by atoms with Crippen LogP contribution in [0.2, 0.25) is 0 Å². The smallest absolute Gasteiger partial charge is 0.185 e. The highest BCUT2D eigenvalue weighted by Crippen LogP contribution is 2.35. The minimum absolute atomic E-state index is 0.0623. The summed E-state index contributed by atoms with van der Waals surface area (Å²) in [5, 5.41) is 47.7. The van der Waals surface area contributed by atoms with Crippen LogP contribution in [0.15, 0.2) is 18.2 Å². The van der Waals surface area contributed by atoms with Gasteiger partial charge in [0.25, 0.3) is 0 Å². The first-order chi connectivity index (χ1) is 10.5. The van der Waals surface area contributed by atoms with E-state index in [0.717, 1.165) is 0 Å². The average molecular weight is 316 g/mol. The van der Waals surface area contributed by atoms with Gasteiger partial charge >= 0.3 is 0 Å². The zero-order chi connectivity index (χ0) is 16.3. The topological polar surface area (TPSA) is 129 Å². The van der Waals surface area contributed by atoms with Gasteiger partial charge in [0.05, 0.1) is 20.3 Å². The van der Waals surface area contributed by atoms with Gasteiger partial charge in [-0.05, 0) is 12.1 Å². The normalized spacial score (nSPS) is 30.0. The minimum atomic E-state index is -1.32. The van der Waals surface area contributed by atoms with Crippen LogP contribution in [0.1, 0.15) is 11.9 Å². The highest BCUT2D eigenvalue weighted by Gasteiger charge is 2.42. The Morgan fingerprint density at radius 3 is 2.59 bits per heavy atom. The van der Waals surface area contributed by atoms with E-state index in [4.69, 9.17) is 19.3 Å². The number of phenols is 1. The Morgan fingerprint density at radius 2 is 2.00 bits per heavy atom. The summed E-state index contributed by atoms with van der Waals surface area (Å²) in [6, 6.07) is 4.39. The average Bonchev–Trinajstić information content (AvgIpc) is 2.54. The van der Waals surface area contributed by atoms with Crippen molar-refractivity contribution in [1.29, 1.82) is 0 Å². The van der Waals surface area contributed by atoms with E-state index in [0.29, 0.717) is 5.56 Å². The molecule has 5 unspecified atom stereocenters. The number of hydrogen-bond donors (Lipinski definition) is 5. The number of aliphatic hydroxyl groups is 4. The van der Waals surface area contributed by atoms with Crippen molar-refractivity contribution in [3.63, 3.8) is 0 Å². The number of hydrogen-bond acceptors (Lipinski definition) is 8. The van der Waals surface area contributed by atoms with Gasteiger partial charge in [0.2, 0.25) is 0 Å². The monoisotopic (exact) mass is 316 g/mol. The molecule has 124 valence electrons. The number of ether oxygens (including phenoxy) is 3. The molecule has 2 rings (SSSR count). The molecule has 0 saturated carbocycles. The Labute approximate surface area is 127 Å². The predicted molar refractivity (Wildman–Crippen MR) is 73.3 cm³/mol. The molecular formula is C14H20O8. The molecular weight excluding hydrogens is 296 g/mol. The van der Waals surface area contributed by atoms with Gasteiger partial charge in [0, 0.05) is 5.56 Å². The van der Waals surface area contributed by atoms with E-state index in [2.05, 4.69) is 0 Å². The third-order valence-corrected chi connectivity index (χ3v) is 3.52. The number of phenolic OH excluding ortho intramolecular Hbond substituents is 1. The van der Waals surface area contributed by atoms with Crippen LogP contribution in [-0.4, -0.2) is 70.3 Å². The lowest BCUT2D eigenvalue weighted by Crippen LogP contribution is -2.54. The molecule has 8 heteroatoms. The van der Waals surface area contributed by atoms with Crippen LogP contribution in [0.25, 0.3) is 0 Å². The number of aromatic hydroxyl groups is 1. The highest BCUT2D eigenvalue weighted by atomic mass is 16.7. The second-order valence-electron chi connectivity index (χ2n) is 4.96. The van der Waals surface area contributed by atoms with Gasteiger partial charge in [0.15, 0.2) is 17.8 Å². The molecule has 0 aromatic heterocycles. The number of aliphatic hydroxyl groups excluding tert-OH is 4. The molecule has 1 fully saturated rings. The summed E-state index contributed by atoms with van der Waals surface area (Å²) in [4.78, 5) is 0. The SMILES string of the molecule is COc1cc(C2OC(CO)C(O)C(C(O)CO)O2)ccc1O. The minimum Gasteiger partial charge on any atom is -0.504 e. The van der Waals surface area contributed by atoms with E-state index in [1.165, 1.54) is 25.3 Å². The summed E-state index contributed by atoms with van der Waals surface area (Å²) in [6.07, 6.45) is -5.72. The van der Waals surface area contributed by atoms with E-state index in [9.17, 15) is 20.4 Å². The Morgan fingerprint density at radius 1 is 1.27 bits per heavy atom. The molecule has 1 aromatic carbocycles. The van der Waals surface area contributed by atoms with E-state index in [1.54, 1.807) is 0 Å². The van der Waals surface area contributed by atoms with Crippen LogP contribution in [0.4, 0.5) is 0 Å². The van der Waals surface area contributed by atoms with Crippen LogP contribution in [0.3, 0.4) is 0 Å². The Kier molecular flexibility index (Phi) is 5.57. The molecule has 1 aliphatic heterocycles. The first-order valence-electron chi connectivity index (χ1n) is 6.77. The molecule has 0 spiro atoms. The van der Waals surface area contributed by atoms with Crippen molar-refractivity contribution >= 4 is 0 Å². The fourth-order valence-electron chi connectivity index (χ4n) is 2.28. The van der Waals surface area contributed by atoms with Crippen LogP contribution in [0, 0.1) is 0 Å². The molecule has 1 aromatic rings. The molecule has 1 aliphatic rings. The standard InChI is InChI=1S/C14H20O8/c1-20-10-4-7(2-3-8(10)17)14-21-11(6-16)12(19)13(22-14)9(18)5-15/h2-4,9,11-19H,5-6H2,1H3. The molecule has 0 radical (unpaired) electrons. The first kappa shape index (κ1) is 16.9. The third kappa shape index (κ3) is 3.32. The van der Waals surface area contributed by atoms with Gasteiger partial charge in [-0.1, -0.05) is 6.07 Å². The van der Waals surface area contributed by atoms with Crippen molar-refractivity contribution in [3.8, 4) is 11.5 Å². The molecule has 5 N–H and O–H groups in total. The van der Waals surface area contributed by atoms with Crippen molar-refractivity contribution in [2.24, 2.45) is 0 Å². The summed E-state index contributed by atoms with van der Waals surface area (Å²) in [5.41, 5.74) is 0.468. The lowest BCUT2D eigenvalue weighted by molar-refractivity contribution is -0.310. The maximum atomic E-state index is 9.99. The second kappa shape index (κ2) is 7.23. The van der Waals surface area contributed by atoms with Gasteiger partial charge in [-0.3, -0.25) is 0 Å². The van der Waals surface area contributed by atoms with Gasteiger partial charge < -0.3 is 39.7 Å². The van der Waals surface area contributed by atoms with Gasteiger partial charge in [-0.2, -0.15) is 0 Å². The maximum Gasteiger partial charge on any atom is 0.185 e. The van der Waals surface area contributed by atoms with Crippen LogP contribution in [0.5, 0.6) is 11.5 Å². The van der Waals surface area contributed by atoms with Gasteiger partial charge in [0.1, 0.15) is 24.4 Å². The molecule has 0 bridgehead atoms. The number of rotatable bonds is 5. The first-order valence-corrected chi connectivity index (χ1v) is 6.77. The predicted octanol–water partition coefficient (Wildman–Crippen LogP) is -1.11. The van der Waals surface area contributed by atoms with E-state index in [1.807, 2.05) is 0 Å². The quantitative estimate of drug-likeness (QED) is 0.462. The van der Waals surface area contributed by atoms with Crippen molar-refractivity contribution in [3.05, 3.63) is 23.8 Å². The van der Waals surface area contributed by atoms with Crippen molar-refractivity contribution in [2.75, 3.05) is 20.3 Å². The molecule has 0 amide bonds. The fraction of sp³-hybridized carbons (Fsp3) is 0.571. The summed E-state index contributed by atoms with van der Waals surface area (Å²) in [5.74, 6) is 0.142. The maximum absolute atomic E-state index is 9.99. The van der Waals surface area contributed by atoms with Crippen LogP contribution in [-0.2, 0) is 9.47 Å². The van der Waals surface area contributed by atoms with Crippen molar-refractivity contribution in [2.45, 2.75) is 30.7 Å². The Balaban J connectivity index is 2.26. The molecule has 22 heavy (non-hydrogen) atoms. The highest BCUT2D eigenvalue weighted by molar-refractivity contribution is 5.42. The van der Waals surface area contributed by atoms with E-state index < -0.39 is 43.9 Å². The van der Waals surface area contributed by atoms with Crippen molar-refractivity contribution < 1.29 is 39.7 Å². The Hall–Kier alpha value is -1.42. The third-order valence-electron chi connectivity index (χ3n) is 3.52.